The van der Waals surface area contributed by atoms with E-state index < -0.39 is 0 Å². The maximum absolute atomic E-state index is 6.02. The number of nitrogen functional groups attached to an aromatic ring is 1. The molecule has 0 fully saturated rings. The summed E-state index contributed by atoms with van der Waals surface area (Å²) in [6, 6.07) is 16.2. The van der Waals surface area contributed by atoms with Gasteiger partial charge in [-0.3, -0.25) is 0 Å². The summed E-state index contributed by atoms with van der Waals surface area (Å²) >= 11 is 1.84. The number of nitrogens with zero attached hydrogens (tertiary/aromatic N) is 1. The van der Waals surface area contributed by atoms with E-state index in [0.717, 1.165) is 28.1 Å². The second-order valence-corrected chi connectivity index (χ2v) is 6.36. The van der Waals surface area contributed by atoms with Crippen molar-refractivity contribution < 1.29 is 9.47 Å². The predicted molar refractivity (Wildman–Crippen MR) is 101 cm³/mol. The molecule has 3 rings (SSSR count). The molecule has 2 N–H and O–H groups in total. The molecular formula is C19H20N2O2S. The Morgan fingerprint density at radius 3 is 2.50 bits per heavy atom. The highest BCUT2D eigenvalue weighted by Gasteiger charge is 2.13. The zero-order valence-corrected chi connectivity index (χ0v) is 14.6. The van der Waals surface area contributed by atoms with Crippen molar-refractivity contribution in [1.82, 2.24) is 4.98 Å². The van der Waals surface area contributed by atoms with Crippen molar-refractivity contribution in [3.63, 3.8) is 0 Å². The molecule has 0 aliphatic heterocycles. The molecule has 0 aliphatic rings. The van der Waals surface area contributed by atoms with Gasteiger partial charge in [-0.05, 0) is 17.7 Å². The Kier molecular flexibility index (Phi) is 5.11. The third-order valence-corrected chi connectivity index (χ3v) is 4.80. The van der Waals surface area contributed by atoms with E-state index >= 15 is 0 Å². The Balaban J connectivity index is 1.84. The van der Waals surface area contributed by atoms with Crippen molar-refractivity contribution in [3.8, 4) is 11.5 Å². The summed E-state index contributed by atoms with van der Waals surface area (Å²) in [6.45, 7) is 0. The van der Waals surface area contributed by atoms with Gasteiger partial charge in [-0.15, -0.1) is 0 Å². The van der Waals surface area contributed by atoms with Gasteiger partial charge < -0.3 is 15.2 Å². The molecular weight excluding hydrogens is 320 g/mol. The van der Waals surface area contributed by atoms with E-state index in [0.29, 0.717) is 17.2 Å². The Morgan fingerprint density at radius 2 is 1.79 bits per heavy atom. The Morgan fingerprint density at radius 1 is 1.00 bits per heavy atom. The molecule has 0 saturated heterocycles. The lowest BCUT2D eigenvalue weighted by Crippen LogP contribution is -1.98. The average Bonchev–Trinajstić information content (AvgIpc) is 2.62. The maximum atomic E-state index is 6.02. The van der Waals surface area contributed by atoms with Crippen LogP contribution in [0.25, 0.3) is 10.9 Å². The fourth-order valence-electron chi connectivity index (χ4n) is 2.61. The summed E-state index contributed by atoms with van der Waals surface area (Å²) < 4.78 is 10.8. The van der Waals surface area contributed by atoms with Crippen LogP contribution in [0.2, 0.25) is 0 Å². The van der Waals surface area contributed by atoms with Gasteiger partial charge in [0.2, 0.25) is 0 Å². The smallest absolute Gasteiger partial charge is 0.151 e. The molecule has 24 heavy (non-hydrogen) atoms. The van der Waals surface area contributed by atoms with E-state index in [2.05, 4.69) is 24.3 Å². The lowest BCUT2D eigenvalue weighted by molar-refractivity contribution is 0.411. The van der Waals surface area contributed by atoms with E-state index in [1.807, 2.05) is 30.0 Å². The molecule has 0 spiro atoms. The van der Waals surface area contributed by atoms with Crippen molar-refractivity contribution in [2.24, 2.45) is 0 Å². The lowest BCUT2D eigenvalue weighted by atomic mass is 10.1. The van der Waals surface area contributed by atoms with Crippen molar-refractivity contribution in [2.45, 2.75) is 11.5 Å². The first kappa shape index (κ1) is 16.5. The highest BCUT2D eigenvalue weighted by atomic mass is 32.2. The van der Waals surface area contributed by atoms with Gasteiger partial charge in [0.15, 0.2) is 5.75 Å². The van der Waals surface area contributed by atoms with Crippen LogP contribution in [0.5, 0.6) is 11.5 Å². The van der Waals surface area contributed by atoms with Crippen molar-refractivity contribution in [3.05, 3.63) is 59.8 Å². The highest BCUT2D eigenvalue weighted by molar-refractivity contribution is 7.97. The monoisotopic (exact) mass is 340 g/mol. The summed E-state index contributed by atoms with van der Waals surface area (Å²) in [6.07, 6.45) is 0. The number of aromatic nitrogens is 1. The molecule has 2 aromatic carbocycles. The predicted octanol–water partition coefficient (Wildman–Crippen LogP) is 4.27. The minimum absolute atomic E-state index is 0.551. The van der Waals surface area contributed by atoms with Crippen molar-refractivity contribution in [1.29, 1.82) is 0 Å². The topological polar surface area (TPSA) is 57.4 Å². The third-order valence-electron chi connectivity index (χ3n) is 3.77. The SMILES string of the molecule is COc1c(N)cc(OC)c2nc(CSCc3ccccc3)ccc12. The zero-order valence-electron chi connectivity index (χ0n) is 13.8. The van der Waals surface area contributed by atoms with Crippen LogP contribution < -0.4 is 15.2 Å². The zero-order chi connectivity index (χ0) is 16.9. The van der Waals surface area contributed by atoms with E-state index in [1.54, 1.807) is 20.3 Å². The Bertz CT molecular complexity index is 838. The molecule has 0 unspecified atom stereocenters. The Hall–Kier alpha value is -2.40. The maximum Gasteiger partial charge on any atom is 0.151 e. The number of pyridine rings is 1. The molecule has 3 aromatic rings. The first-order valence-electron chi connectivity index (χ1n) is 7.64. The van der Waals surface area contributed by atoms with Gasteiger partial charge in [0.05, 0.1) is 25.6 Å². The second-order valence-electron chi connectivity index (χ2n) is 5.38. The minimum Gasteiger partial charge on any atom is -0.494 e. The molecule has 5 heteroatoms. The fourth-order valence-corrected chi connectivity index (χ4v) is 3.51. The summed E-state index contributed by atoms with van der Waals surface area (Å²) in [5, 5.41) is 0.867. The summed E-state index contributed by atoms with van der Waals surface area (Å²) in [7, 11) is 3.24. The molecule has 0 amide bonds. The van der Waals surface area contributed by atoms with Gasteiger partial charge in [0.1, 0.15) is 11.3 Å². The quantitative estimate of drug-likeness (QED) is 0.679. The number of fused-ring (bicyclic) bond motifs is 1. The third kappa shape index (κ3) is 3.41. The highest BCUT2D eigenvalue weighted by Crippen LogP contribution is 2.37. The molecule has 1 heterocycles. The largest absolute Gasteiger partial charge is 0.494 e. The van der Waals surface area contributed by atoms with Crippen LogP contribution in [-0.2, 0) is 11.5 Å². The number of ether oxygens (including phenoxy) is 2. The number of hydrogen-bond acceptors (Lipinski definition) is 5. The standard InChI is InChI=1S/C19H20N2O2S/c1-22-17-10-16(20)19(23-2)15-9-8-14(21-18(15)17)12-24-11-13-6-4-3-5-7-13/h3-10H,11-12,20H2,1-2H3. The van der Waals surface area contributed by atoms with Crippen molar-refractivity contribution in [2.75, 3.05) is 20.0 Å². The summed E-state index contributed by atoms with van der Waals surface area (Å²) in [4.78, 5) is 4.75. The van der Waals surface area contributed by atoms with Gasteiger partial charge in [-0.25, -0.2) is 4.98 Å². The van der Waals surface area contributed by atoms with E-state index in [9.17, 15) is 0 Å². The number of benzene rings is 2. The van der Waals surface area contributed by atoms with Crippen LogP contribution >= 0.6 is 11.8 Å². The average molecular weight is 340 g/mol. The first-order chi connectivity index (χ1) is 11.7. The Labute approximate surface area is 146 Å². The lowest BCUT2D eigenvalue weighted by Gasteiger charge is -2.13. The van der Waals surface area contributed by atoms with Crippen LogP contribution in [0.1, 0.15) is 11.3 Å². The van der Waals surface area contributed by atoms with E-state index in [1.165, 1.54) is 5.56 Å². The van der Waals surface area contributed by atoms with Crippen LogP contribution in [0, 0.1) is 0 Å². The molecule has 0 saturated carbocycles. The molecule has 0 bridgehead atoms. The number of nitrogens with two attached hydrogens (primary N) is 1. The molecule has 0 atom stereocenters. The molecule has 0 aliphatic carbocycles. The van der Waals surface area contributed by atoms with E-state index in [-0.39, 0.29) is 0 Å². The summed E-state index contributed by atoms with van der Waals surface area (Å²) in [5.74, 6) is 3.10. The van der Waals surface area contributed by atoms with Gasteiger partial charge in [0.25, 0.3) is 0 Å². The molecule has 0 radical (unpaired) electrons. The molecule has 4 nitrogen and oxygen atoms in total. The van der Waals surface area contributed by atoms with Gasteiger partial charge in [0, 0.05) is 23.0 Å². The van der Waals surface area contributed by atoms with Crippen LogP contribution in [0.3, 0.4) is 0 Å². The number of anilines is 1. The summed E-state index contributed by atoms with van der Waals surface area (Å²) in [5.41, 5.74) is 9.67. The fraction of sp³-hybridized carbons (Fsp3) is 0.211. The van der Waals surface area contributed by atoms with E-state index in [4.69, 9.17) is 20.2 Å². The number of methoxy groups -OCH3 is 2. The normalized spacial score (nSPS) is 10.8. The first-order valence-corrected chi connectivity index (χ1v) is 8.80. The van der Waals surface area contributed by atoms with Gasteiger partial charge in [-0.2, -0.15) is 11.8 Å². The molecule has 124 valence electrons. The second kappa shape index (κ2) is 7.45. The number of hydrogen-bond donors (Lipinski definition) is 1. The number of rotatable bonds is 6. The minimum atomic E-state index is 0.551. The van der Waals surface area contributed by atoms with Gasteiger partial charge in [-0.1, -0.05) is 30.3 Å². The van der Waals surface area contributed by atoms with Crippen LogP contribution in [0.4, 0.5) is 5.69 Å². The van der Waals surface area contributed by atoms with Gasteiger partial charge >= 0.3 is 0 Å². The number of thioether (sulfide) groups is 1. The van der Waals surface area contributed by atoms with Crippen LogP contribution in [-0.4, -0.2) is 19.2 Å². The van der Waals surface area contributed by atoms with Crippen molar-refractivity contribution >= 4 is 28.4 Å². The molecule has 1 aromatic heterocycles. The van der Waals surface area contributed by atoms with Crippen LogP contribution in [0.15, 0.2) is 48.5 Å².